The summed E-state index contributed by atoms with van der Waals surface area (Å²) in [4.78, 5) is 8.36. The average Bonchev–Trinajstić information content (AvgIpc) is 2.32. The zero-order valence-electron chi connectivity index (χ0n) is 9.47. The van der Waals surface area contributed by atoms with Crippen molar-refractivity contribution in [1.29, 1.82) is 0 Å². The van der Waals surface area contributed by atoms with Gasteiger partial charge in [-0.1, -0.05) is 30.3 Å². The molecule has 0 unspecified atom stereocenters. The highest BCUT2D eigenvalue weighted by molar-refractivity contribution is 5.22. The van der Waals surface area contributed by atoms with E-state index in [-0.39, 0.29) is 0 Å². The van der Waals surface area contributed by atoms with E-state index in [1.165, 1.54) is 0 Å². The summed E-state index contributed by atoms with van der Waals surface area (Å²) < 4.78 is 5.65. The molecule has 0 bridgehead atoms. The van der Waals surface area contributed by atoms with Crippen molar-refractivity contribution >= 4 is 0 Å². The van der Waals surface area contributed by atoms with Crippen molar-refractivity contribution in [3.8, 4) is 5.88 Å². The Balaban J connectivity index is 2.08. The highest BCUT2D eigenvalue weighted by Gasteiger charge is 2.02. The van der Waals surface area contributed by atoms with Crippen molar-refractivity contribution in [2.75, 3.05) is 0 Å². The molecular weight excluding hydrogens is 200 g/mol. The molecule has 16 heavy (non-hydrogen) atoms. The van der Waals surface area contributed by atoms with Crippen LogP contribution in [0.1, 0.15) is 17.0 Å². The molecule has 0 amide bonds. The lowest BCUT2D eigenvalue weighted by Gasteiger charge is -2.07. The molecule has 0 N–H and O–H groups in total. The van der Waals surface area contributed by atoms with E-state index in [0.29, 0.717) is 12.5 Å². The standard InChI is InChI=1S/C13H14N2O/c1-10-8-14-11(2)15-13(10)16-9-12-6-4-3-5-7-12/h3-8H,9H2,1-2H3. The van der Waals surface area contributed by atoms with E-state index in [9.17, 15) is 0 Å². The molecule has 82 valence electrons. The van der Waals surface area contributed by atoms with Crippen LogP contribution in [0.2, 0.25) is 0 Å². The van der Waals surface area contributed by atoms with Gasteiger partial charge in [0.25, 0.3) is 0 Å². The molecule has 3 nitrogen and oxygen atoms in total. The second-order valence-corrected chi connectivity index (χ2v) is 3.68. The van der Waals surface area contributed by atoms with Crippen LogP contribution >= 0.6 is 0 Å². The molecule has 0 fully saturated rings. The Bertz CT molecular complexity index is 469. The Morgan fingerprint density at radius 3 is 2.62 bits per heavy atom. The second-order valence-electron chi connectivity index (χ2n) is 3.68. The summed E-state index contributed by atoms with van der Waals surface area (Å²) >= 11 is 0. The molecule has 0 atom stereocenters. The molecule has 0 saturated carbocycles. The van der Waals surface area contributed by atoms with Gasteiger partial charge in [-0.15, -0.1) is 0 Å². The van der Waals surface area contributed by atoms with Crippen molar-refractivity contribution in [2.24, 2.45) is 0 Å². The summed E-state index contributed by atoms with van der Waals surface area (Å²) in [5, 5.41) is 0. The first-order valence-electron chi connectivity index (χ1n) is 5.22. The summed E-state index contributed by atoms with van der Waals surface area (Å²) in [6.45, 7) is 4.34. The van der Waals surface area contributed by atoms with E-state index in [0.717, 1.165) is 17.0 Å². The normalized spacial score (nSPS) is 10.1. The van der Waals surface area contributed by atoms with Gasteiger partial charge < -0.3 is 4.74 Å². The summed E-state index contributed by atoms with van der Waals surface area (Å²) in [5.41, 5.74) is 2.10. The number of hydrogen-bond acceptors (Lipinski definition) is 3. The minimum absolute atomic E-state index is 0.540. The number of benzene rings is 1. The van der Waals surface area contributed by atoms with Gasteiger partial charge in [0.1, 0.15) is 12.4 Å². The van der Waals surface area contributed by atoms with Gasteiger partial charge in [-0.2, -0.15) is 4.98 Å². The van der Waals surface area contributed by atoms with Crippen molar-refractivity contribution in [3.63, 3.8) is 0 Å². The first kappa shape index (κ1) is 10.6. The van der Waals surface area contributed by atoms with Crippen molar-refractivity contribution < 1.29 is 4.74 Å². The molecule has 1 heterocycles. The SMILES string of the molecule is Cc1ncc(C)c(OCc2ccccc2)n1. The number of ether oxygens (including phenoxy) is 1. The van der Waals surface area contributed by atoms with Crippen molar-refractivity contribution in [2.45, 2.75) is 20.5 Å². The Hall–Kier alpha value is -1.90. The second kappa shape index (κ2) is 4.75. The molecule has 1 aromatic heterocycles. The molecule has 0 spiro atoms. The fraction of sp³-hybridized carbons (Fsp3) is 0.231. The quantitative estimate of drug-likeness (QED) is 0.787. The van der Waals surface area contributed by atoms with Gasteiger partial charge in [0.15, 0.2) is 0 Å². The zero-order valence-corrected chi connectivity index (χ0v) is 9.47. The molecule has 0 saturated heterocycles. The molecule has 0 radical (unpaired) electrons. The van der Waals surface area contributed by atoms with Crippen LogP contribution in [-0.2, 0) is 6.61 Å². The number of nitrogens with zero attached hydrogens (tertiary/aromatic N) is 2. The van der Waals surface area contributed by atoms with Crippen LogP contribution < -0.4 is 4.74 Å². The number of hydrogen-bond donors (Lipinski definition) is 0. The molecule has 3 heteroatoms. The molecule has 2 rings (SSSR count). The maximum Gasteiger partial charge on any atom is 0.219 e. The average molecular weight is 214 g/mol. The monoisotopic (exact) mass is 214 g/mol. The lowest BCUT2D eigenvalue weighted by atomic mass is 10.2. The summed E-state index contributed by atoms with van der Waals surface area (Å²) in [7, 11) is 0. The molecule has 0 aliphatic rings. The summed E-state index contributed by atoms with van der Waals surface area (Å²) in [6, 6.07) is 10.0. The molecule has 0 aliphatic heterocycles. The minimum Gasteiger partial charge on any atom is -0.473 e. The number of aryl methyl sites for hydroxylation is 2. The van der Waals surface area contributed by atoms with Crippen LogP contribution in [0.15, 0.2) is 36.5 Å². The third-order valence-corrected chi connectivity index (χ3v) is 2.26. The fourth-order valence-corrected chi connectivity index (χ4v) is 1.38. The van der Waals surface area contributed by atoms with Gasteiger partial charge in [-0.3, -0.25) is 0 Å². The van der Waals surface area contributed by atoms with Gasteiger partial charge in [0.2, 0.25) is 5.88 Å². The minimum atomic E-state index is 0.540. The van der Waals surface area contributed by atoms with E-state index in [4.69, 9.17) is 4.74 Å². The fourth-order valence-electron chi connectivity index (χ4n) is 1.38. The maximum atomic E-state index is 5.65. The lowest BCUT2D eigenvalue weighted by molar-refractivity contribution is 0.290. The smallest absolute Gasteiger partial charge is 0.219 e. The Morgan fingerprint density at radius 2 is 1.88 bits per heavy atom. The number of aromatic nitrogens is 2. The summed E-state index contributed by atoms with van der Waals surface area (Å²) in [5.74, 6) is 1.39. The molecule has 1 aromatic carbocycles. The van der Waals surface area contributed by atoms with Crippen LogP contribution in [-0.4, -0.2) is 9.97 Å². The van der Waals surface area contributed by atoms with Crippen LogP contribution in [0, 0.1) is 13.8 Å². The lowest BCUT2D eigenvalue weighted by Crippen LogP contribution is -2.01. The van der Waals surface area contributed by atoms with Gasteiger partial charge >= 0.3 is 0 Å². The zero-order chi connectivity index (χ0) is 11.4. The van der Waals surface area contributed by atoms with Gasteiger partial charge in [0.05, 0.1) is 0 Å². The van der Waals surface area contributed by atoms with E-state index in [1.807, 2.05) is 44.2 Å². The van der Waals surface area contributed by atoms with Crippen molar-refractivity contribution in [3.05, 3.63) is 53.5 Å². The van der Waals surface area contributed by atoms with Crippen LogP contribution in [0.4, 0.5) is 0 Å². The molecular formula is C13H14N2O. The van der Waals surface area contributed by atoms with Crippen LogP contribution in [0.25, 0.3) is 0 Å². The van der Waals surface area contributed by atoms with Crippen molar-refractivity contribution in [1.82, 2.24) is 9.97 Å². The van der Waals surface area contributed by atoms with Gasteiger partial charge in [0, 0.05) is 11.8 Å². The first-order chi connectivity index (χ1) is 7.75. The molecule has 2 aromatic rings. The third kappa shape index (κ3) is 2.57. The Morgan fingerprint density at radius 1 is 1.12 bits per heavy atom. The number of rotatable bonds is 3. The highest BCUT2D eigenvalue weighted by atomic mass is 16.5. The van der Waals surface area contributed by atoms with Crippen LogP contribution in [0.5, 0.6) is 5.88 Å². The van der Waals surface area contributed by atoms with Crippen LogP contribution in [0.3, 0.4) is 0 Å². The maximum absolute atomic E-state index is 5.65. The van der Waals surface area contributed by atoms with E-state index in [1.54, 1.807) is 6.20 Å². The Kier molecular flexibility index (Phi) is 3.15. The topological polar surface area (TPSA) is 35.0 Å². The predicted molar refractivity (Wildman–Crippen MR) is 62.3 cm³/mol. The van der Waals surface area contributed by atoms with E-state index in [2.05, 4.69) is 9.97 Å². The largest absolute Gasteiger partial charge is 0.473 e. The molecule has 0 aliphatic carbocycles. The Labute approximate surface area is 95.1 Å². The van der Waals surface area contributed by atoms with Gasteiger partial charge in [-0.05, 0) is 19.4 Å². The highest BCUT2D eigenvalue weighted by Crippen LogP contribution is 2.14. The van der Waals surface area contributed by atoms with E-state index >= 15 is 0 Å². The first-order valence-corrected chi connectivity index (χ1v) is 5.22. The van der Waals surface area contributed by atoms with E-state index < -0.39 is 0 Å². The predicted octanol–water partition coefficient (Wildman–Crippen LogP) is 2.67. The van der Waals surface area contributed by atoms with Gasteiger partial charge in [-0.25, -0.2) is 4.98 Å². The summed E-state index contributed by atoms with van der Waals surface area (Å²) in [6.07, 6.45) is 1.78. The third-order valence-electron chi connectivity index (χ3n) is 2.26.